The predicted octanol–water partition coefficient (Wildman–Crippen LogP) is 16.9. The van der Waals surface area contributed by atoms with E-state index in [2.05, 4.69) is 273 Å². The molecule has 12 aromatic carbocycles. The molecular weight excluding hydrogens is 951 g/mol. The summed E-state index contributed by atoms with van der Waals surface area (Å²) >= 11 is 1.87. The molecular formula is C73H45NSSi. The van der Waals surface area contributed by atoms with E-state index in [0.717, 1.165) is 33.4 Å². The van der Waals surface area contributed by atoms with Gasteiger partial charge in [0.25, 0.3) is 0 Å². The third-order valence-electron chi connectivity index (χ3n) is 16.2. The molecule has 0 saturated heterocycles. The van der Waals surface area contributed by atoms with Crippen LogP contribution in [0, 0.1) is 11.3 Å². The average Bonchev–Trinajstić information content (AvgIpc) is 4.00. The smallest absolute Gasteiger partial charge is 0.179 e. The second-order valence-electron chi connectivity index (χ2n) is 20.1. The SMILES string of the molecule is N#Cc1ccc2c(c1)-c1ccccc1-c1cc(-c3cccc4c3sc3ccccc34)ccc1-c1ccc([Si](c3ccccc3)(c3ccccc3)c3ccc4c(c3)-c3ccccc3-c3ccccc3-c3ccccc3-4)cc1-2. The molecule has 0 amide bonds. The summed E-state index contributed by atoms with van der Waals surface area (Å²) in [5.74, 6) is 0. The van der Waals surface area contributed by atoms with Crippen molar-refractivity contribution in [2.75, 3.05) is 0 Å². The fourth-order valence-corrected chi connectivity index (χ4v) is 18.9. The van der Waals surface area contributed by atoms with Gasteiger partial charge in [0, 0.05) is 20.2 Å². The number of benzene rings is 12. The third kappa shape index (κ3) is 6.68. The van der Waals surface area contributed by atoms with E-state index in [4.69, 9.17) is 0 Å². The zero-order chi connectivity index (χ0) is 50.3. The standard InChI is InChI=1S/C73H45NSSi/c74-46-47-34-38-65-68(42-47)60-28-13-14-29-61(60)69-43-48(53-31-17-32-67-66-30-15-16-33-72(66)75-73(53)67)35-39-62(69)64-41-37-52(45-71(64)65)76(49-18-3-1-4-19-49,50-20-5-2-6-21-50)51-36-40-63-58-26-10-9-24-56(58)54-22-7-8-23-55(54)57-25-11-12-27-59(57)70(63)44-51/h1-45H. The first kappa shape index (κ1) is 44.1. The molecule has 0 fully saturated rings. The lowest BCUT2D eigenvalue weighted by molar-refractivity contribution is 1.47. The van der Waals surface area contributed by atoms with Gasteiger partial charge in [-0.3, -0.25) is 0 Å². The Kier molecular flexibility index (Phi) is 10.2. The van der Waals surface area contributed by atoms with Crippen LogP contribution in [0.2, 0.25) is 0 Å². The normalized spacial score (nSPS) is 11.9. The van der Waals surface area contributed by atoms with E-state index in [0.29, 0.717) is 5.56 Å². The van der Waals surface area contributed by atoms with Crippen molar-refractivity contribution in [2.24, 2.45) is 0 Å². The molecule has 0 aliphatic heterocycles. The highest BCUT2D eigenvalue weighted by atomic mass is 32.1. The third-order valence-corrected chi connectivity index (χ3v) is 22.2. The fraction of sp³-hybridized carbons (Fsp3) is 0. The summed E-state index contributed by atoms with van der Waals surface area (Å²) in [6.07, 6.45) is 0. The lowest BCUT2D eigenvalue weighted by atomic mass is 9.79. The Balaban J connectivity index is 1.02. The quantitative estimate of drug-likeness (QED) is 0.125. The van der Waals surface area contributed by atoms with Gasteiger partial charge in [0.2, 0.25) is 0 Å². The molecule has 76 heavy (non-hydrogen) atoms. The van der Waals surface area contributed by atoms with Crippen LogP contribution in [-0.4, -0.2) is 8.07 Å². The average molecular weight is 996 g/mol. The van der Waals surface area contributed by atoms with E-state index in [1.165, 1.54) is 108 Å². The van der Waals surface area contributed by atoms with Crippen molar-refractivity contribution >= 4 is 60.3 Å². The summed E-state index contributed by atoms with van der Waals surface area (Å²) in [5, 5.41) is 18.3. The van der Waals surface area contributed by atoms with Crippen LogP contribution in [0.5, 0.6) is 0 Å². The molecule has 0 spiro atoms. The van der Waals surface area contributed by atoms with Crippen LogP contribution in [0.3, 0.4) is 0 Å². The van der Waals surface area contributed by atoms with Crippen molar-refractivity contribution in [3.05, 3.63) is 279 Å². The zero-order valence-electron chi connectivity index (χ0n) is 41.3. The Labute approximate surface area is 447 Å². The molecule has 0 bridgehead atoms. The number of hydrogen-bond donors (Lipinski definition) is 0. The topological polar surface area (TPSA) is 23.8 Å². The van der Waals surface area contributed by atoms with Gasteiger partial charge in [-0.15, -0.1) is 11.3 Å². The van der Waals surface area contributed by atoms with E-state index in [1.807, 2.05) is 17.4 Å². The summed E-state index contributed by atoms with van der Waals surface area (Å²) in [5.41, 5.74) is 22.0. The predicted molar refractivity (Wildman–Crippen MR) is 324 cm³/mol. The van der Waals surface area contributed by atoms with Crippen molar-refractivity contribution in [3.63, 3.8) is 0 Å². The minimum Gasteiger partial charge on any atom is -0.192 e. The second kappa shape index (κ2) is 17.6. The van der Waals surface area contributed by atoms with Crippen LogP contribution in [0.4, 0.5) is 0 Å². The maximum Gasteiger partial charge on any atom is 0.179 e. The number of nitriles is 1. The minimum atomic E-state index is -3.21. The largest absolute Gasteiger partial charge is 0.192 e. The molecule has 2 aliphatic rings. The summed E-state index contributed by atoms with van der Waals surface area (Å²) in [6, 6.07) is 104. The molecule has 0 N–H and O–H groups in total. The monoisotopic (exact) mass is 995 g/mol. The van der Waals surface area contributed by atoms with Gasteiger partial charge >= 0.3 is 0 Å². The van der Waals surface area contributed by atoms with Crippen LogP contribution >= 0.6 is 11.3 Å². The molecule has 0 atom stereocenters. The van der Waals surface area contributed by atoms with Gasteiger partial charge in [0.15, 0.2) is 8.07 Å². The molecule has 0 saturated carbocycles. The zero-order valence-corrected chi connectivity index (χ0v) is 43.2. The molecule has 1 aromatic heterocycles. The van der Waals surface area contributed by atoms with Crippen molar-refractivity contribution in [1.29, 1.82) is 5.26 Å². The van der Waals surface area contributed by atoms with Crippen molar-refractivity contribution in [1.82, 2.24) is 0 Å². The van der Waals surface area contributed by atoms with E-state index >= 15 is 0 Å². The van der Waals surface area contributed by atoms with Gasteiger partial charge in [0.05, 0.1) is 11.6 Å². The fourth-order valence-electron chi connectivity index (χ4n) is 12.9. The number of thiophene rings is 1. The highest BCUT2D eigenvalue weighted by molar-refractivity contribution is 7.26. The molecule has 13 aromatic rings. The van der Waals surface area contributed by atoms with E-state index in [-0.39, 0.29) is 0 Å². The first-order valence-corrected chi connectivity index (χ1v) is 28.9. The number of fused-ring (bicyclic) bond motifs is 19. The van der Waals surface area contributed by atoms with Crippen LogP contribution in [-0.2, 0) is 0 Å². The Morgan fingerprint density at radius 3 is 1.14 bits per heavy atom. The maximum atomic E-state index is 10.5. The van der Waals surface area contributed by atoms with Crippen LogP contribution in [0.25, 0.3) is 120 Å². The van der Waals surface area contributed by atoms with Gasteiger partial charge in [-0.2, -0.15) is 5.26 Å². The first-order valence-electron chi connectivity index (χ1n) is 26.0. The van der Waals surface area contributed by atoms with Gasteiger partial charge in [-0.05, 0) is 145 Å². The molecule has 1 heterocycles. The Morgan fingerprint density at radius 1 is 0.263 bits per heavy atom. The molecule has 1 nitrogen and oxygen atoms in total. The highest BCUT2D eigenvalue weighted by Gasteiger charge is 2.43. The lowest BCUT2D eigenvalue weighted by Crippen LogP contribution is -2.74. The van der Waals surface area contributed by atoms with Crippen LogP contribution in [0.15, 0.2) is 273 Å². The molecule has 0 unspecified atom stereocenters. The maximum absolute atomic E-state index is 10.5. The molecule has 352 valence electrons. The lowest BCUT2D eigenvalue weighted by Gasteiger charge is -2.36. The molecule has 3 heteroatoms. The van der Waals surface area contributed by atoms with Crippen LogP contribution in [0.1, 0.15) is 5.56 Å². The van der Waals surface area contributed by atoms with Gasteiger partial charge in [-0.25, -0.2) is 0 Å². The minimum absolute atomic E-state index is 0.639. The molecule has 2 aliphatic carbocycles. The number of rotatable bonds is 5. The number of nitrogens with zero attached hydrogens (tertiary/aromatic N) is 1. The number of hydrogen-bond acceptors (Lipinski definition) is 2. The van der Waals surface area contributed by atoms with Gasteiger partial charge in [-0.1, -0.05) is 249 Å². The van der Waals surface area contributed by atoms with Gasteiger partial charge in [0.1, 0.15) is 0 Å². The first-order chi connectivity index (χ1) is 37.7. The van der Waals surface area contributed by atoms with E-state index in [1.54, 1.807) is 0 Å². The van der Waals surface area contributed by atoms with Crippen molar-refractivity contribution in [3.8, 4) is 106 Å². The van der Waals surface area contributed by atoms with E-state index in [9.17, 15) is 5.26 Å². The Bertz CT molecular complexity index is 4490. The Hall–Kier alpha value is -9.43. The van der Waals surface area contributed by atoms with Crippen molar-refractivity contribution < 1.29 is 0 Å². The summed E-state index contributed by atoms with van der Waals surface area (Å²) in [6.45, 7) is 0. The van der Waals surface area contributed by atoms with Gasteiger partial charge < -0.3 is 0 Å². The summed E-state index contributed by atoms with van der Waals surface area (Å²) in [7, 11) is -3.21. The summed E-state index contributed by atoms with van der Waals surface area (Å²) < 4.78 is 2.59. The van der Waals surface area contributed by atoms with E-state index < -0.39 is 8.07 Å². The molecule has 0 radical (unpaired) electrons. The summed E-state index contributed by atoms with van der Waals surface area (Å²) in [4.78, 5) is 0. The highest BCUT2D eigenvalue weighted by Crippen LogP contribution is 2.51. The Morgan fingerprint density at radius 2 is 0.632 bits per heavy atom. The van der Waals surface area contributed by atoms with Crippen LogP contribution < -0.4 is 20.7 Å². The second-order valence-corrected chi connectivity index (χ2v) is 25.0. The van der Waals surface area contributed by atoms with Crippen molar-refractivity contribution in [2.45, 2.75) is 0 Å². The molecule has 15 rings (SSSR count).